The third kappa shape index (κ3) is 26.0. The van der Waals surface area contributed by atoms with Crippen LogP contribution in [0.4, 0.5) is 0 Å². The van der Waals surface area contributed by atoms with E-state index in [1.54, 1.807) is 0 Å². The van der Waals surface area contributed by atoms with Crippen molar-refractivity contribution in [1.82, 2.24) is 0 Å². The topological polar surface area (TPSA) is 57.5 Å². The molecule has 0 saturated heterocycles. The average molecular weight is 497 g/mol. The Hall–Kier alpha value is -0.870. The number of aliphatic carboxylic acids is 1. The minimum Gasteiger partial charge on any atom is -0.481 e. The van der Waals surface area contributed by atoms with Crippen molar-refractivity contribution in [1.29, 1.82) is 0 Å². The summed E-state index contributed by atoms with van der Waals surface area (Å²) in [7, 11) is 6.01. The molecule has 0 aliphatic rings. The van der Waals surface area contributed by atoms with Crippen molar-refractivity contribution in [3.63, 3.8) is 0 Å². The number of carbonyl (C=O) groups is 1. The largest absolute Gasteiger partial charge is 0.481 e. The summed E-state index contributed by atoms with van der Waals surface area (Å²) in [5.41, 5.74) is -1.09. The van der Waals surface area contributed by atoms with E-state index in [0.29, 0.717) is 17.4 Å². The first kappa shape index (κ1) is 34.1. The third-order valence-electron chi connectivity index (χ3n) is 6.90. The van der Waals surface area contributed by atoms with Crippen LogP contribution >= 0.6 is 0 Å². The second-order valence-electron chi connectivity index (χ2n) is 12.1. The van der Waals surface area contributed by atoms with Crippen LogP contribution in [-0.4, -0.2) is 54.0 Å². The van der Waals surface area contributed by atoms with E-state index in [1.807, 2.05) is 21.1 Å². The second kappa shape index (κ2) is 22.3. The quantitative estimate of drug-likeness (QED) is 0.0715. The van der Waals surface area contributed by atoms with Crippen LogP contribution in [0, 0.1) is 0 Å². The summed E-state index contributed by atoms with van der Waals surface area (Å²) in [6.45, 7) is 2.76. The number of allylic oxidation sites excluding steroid dienone is 2. The average Bonchev–Trinajstić information content (AvgIpc) is 2.75. The van der Waals surface area contributed by atoms with Crippen LogP contribution in [0.5, 0.6) is 0 Å². The molecular weight excluding hydrogens is 434 g/mol. The molecule has 0 rings (SSSR count). The fourth-order valence-electron chi connectivity index (χ4n) is 5.15. The van der Waals surface area contributed by atoms with Crippen LogP contribution < -0.4 is 0 Å². The fourth-order valence-corrected chi connectivity index (χ4v) is 5.15. The molecule has 0 radical (unpaired) electrons. The molecule has 0 aromatic rings. The Kier molecular flexibility index (Phi) is 21.8. The van der Waals surface area contributed by atoms with Crippen LogP contribution in [0.3, 0.4) is 0 Å². The molecule has 0 spiro atoms. The number of hydrogen-bond donors (Lipinski definition) is 2. The van der Waals surface area contributed by atoms with Crippen molar-refractivity contribution in [2.45, 2.75) is 154 Å². The molecule has 4 nitrogen and oxygen atoms in total. The molecule has 0 aromatic heterocycles. The zero-order chi connectivity index (χ0) is 26.3. The van der Waals surface area contributed by atoms with Gasteiger partial charge in [-0.15, -0.1) is 0 Å². The predicted octanol–water partition coefficient (Wildman–Crippen LogP) is 8.67. The zero-order valence-electron chi connectivity index (χ0n) is 24.2. The number of rotatable bonds is 26. The standard InChI is InChI=1S/C31H61NO3/c1-5-6-7-8-9-10-11-12-13-14-15-16-17-18-19-20-21-22-23-24-25-26-27-31(35,28-30(33)34)29-32(2,3)4/h12-13,35H,5-11,14-29H2,1-4H3/p+1/b13-12-. The maximum Gasteiger partial charge on any atom is 0.306 e. The lowest BCUT2D eigenvalue weighted by atomic mass is 9.91. The molecule has 2 N–H and O–H groups in total. The minimum atomic E-state index is -1.09. The molecule has 0 bridgehead atoms. The smallest absolute Gasteiger partial charge is 0.306 e. The van der Waals surface area contributed by atoms with Gasteiger partial charge in [-0.1, -0.05) is 122 Å². The van der Waals surface area contributed by atoms with Gasteiger partial charge in [-0.2, -0.15) is 0 Å². The summed E-state index contributed by atoms with van der Waals surface area (Å²) in [4.78, 5) is 11.2. The van der Waals surface area contributed by atoms with Gasteiger partial charge in [0.05, 0.1) is 27.6 Å². The Morgan fingerprint density at radius 1 is 0.657 bits per heavy atom. The molecule has 1 atom stereocenters. The highest BCUT2D eigenvalue weighted by Crippen LogP contribution is 2.23. The van der Waals surface area contributed by atoms with Crippen molar-refractivity contribution in [3.8, 4) is 0 Å². The number of likely N-dealkylation sites (N-methyl/N-ethyl adjacent to an activating group) is 1. The number of quaternary nitrogens is 1. The molecule has 0 saturated carbocycles. The molecule has 35 heavy (non-hydrogen) atoms. The first-order valence-electron chi connectivity index (χ1n) is 15.1. The lowest BCUT2D eigenvalue weighted by Gasteiger charge is -2.34. The van der Waals surface area contributed by atoms with Gasteiger partial charge in [0, 0.05) is 0 Å². The van der Waals surface area contributed by atoms with E-state index >= 15 is 0 Å². The van der Waals surface area contributed by atoms with Crippen LogP contribution in [-0.2, 0) is 4.79 Å². The molecule has 4 heteroatoms. The third-order valence-corrected chi connectivity index (χ3v) is 6.90. The van der Waals surface area contributed by atoms with Crippen LogP contribution in [0.15, 0.2) is 12.2 Å². The van der Waals surface area contributed by atoms with E-state index in [2.05, 4.69) is 19.1 Å². The van der Waals surface area contributed by atoms with E-state index in [4.69, 9.17) is 5.11 Å². The highest BCUT2D eigenvalue weighted by atomic mass is 16.4. The number of nitrogens with zero attached hydrogens (tertiary/aromatic N) is 1. The predicted molar refractivity (Wildman–Crippen MR) is 152 cm³/mol. The van der Waals surface area contributed by atoms with Gasteiger partial charge in [0.15, 0.2) is 0 Å². The van der Waals surface area contributed by atoms with Gasteiger partial charge in [-0.3, -0.25) is 4.79 Å². The number of unbranched alkanes of at least 4 members (excludes halogenated alkanes) is 18. The van der Waals surface area contributed by atoms with E-state index in [9.17, 15) is 9.90 Å². The molecule has 0 fully saturated rings. The van der Waals surface area contributed by atoms with Crippen molar-refractivity contribution >= 4 is 5.97 Å². The summed E-state index contributed by atoms with van der Waals surface area (Å²) in [5.74, 6) is -0.906. The van der Waals surface area contributed by atoms with Gasteiger partial charge in [-0.05, 0) is 32.1 Å². The van der Waals surface area contributed by atoms with Crippen LogP contribution in [0.25, 0.3) is 0 Å². The molecule has 0 aliphatic heterocycles. The maximum absolute atomic E-state index is 11.2. The Bertz CT molecular complexity index is 512. The SMILES string of the molecule is CCCCCCCC/C=C\CCCCCCCCCCCCCCC(O)(CC(=O)O)C[N+](C)(C)C. The summed E-state index contributed by atoms with van der Waals surface area (Å²) in [5, 5.41) is 19.9. The van der Waals surface area contributed by atoms with E-state index in [-0.39, 0.29) is 6.42 Å². The van der Waals surface area contributed by atoms with Gasteiger partial charge in [0.2, 0.25) is 0 Å². The highest BCUT2D eigenvalue weighted by molar-refractivity contribution is 5.68. The first-order chi connectivity index (χ1) is 16.7. The summed E-state index contributed by atoms with van der Waals surface area (Å²) in [6, 6.07) is 0. The summed E-state index contributed by atoms with van der Waals surface area (Å²) >= 11 is 0. The van der Waals surface area contributed by atoms with Crippen molar-refractivity contribution in [3.05, 3.63) is 12.2 Å². The lowest BCUT2D eigenvalue weighted by Crippen LogP contribution is -2.50. The first-order valence-corrected chi connectivity index (χ1v) is 15.1. The van der Waals surface area contributed by atoms with Gasteiger partial charge in [-0.25, -0.2) is 0 Å². The lowest BCUT2D eigenvalue weighted by molar-refractivity contribution is -0.877. The van der Waals surface area contributed by atoms with Crippen LogP contribution in [0.2, 0.25) is 0 Å². The second-order valence-corrected chi connectivity index (χ2v) is 12.1. The number of hydrogen-bond acceptors (Lipinski definition) is 2. The van der Waals surface area contributed by atoms with Crippen molar-refractivity contribution < 1.29 is 19.5 Å². The Labute approximate surface area is 219 Å². The monoisotopic (exact) mass is 496 g/mol. The Morgan fingerprint density at radius 2 is 1.03 bits per heavy atom. The van der Waals surface area contributed by atoms with Crippen molar-refractivity contribution in [2.75, 3.05) is 27.7 Å². The number of aliphatic hydroxyl groups is 1. The zero-order valence-corrected chi connectivity index (χ0v) is 24.2. The Morgan fingerprint density at radius 3 is 1.40 bits per heavy atom. The van der Waals surface area contributed by atoms with E-state index in [1.165, 1.54) is 116 Å². The van der Waals surface area contributed by atoms with Crippen molar-refractivity contribution in [2.24, 2.45) is 0 Å². The molecule has 1 unspecified atom stereocenters. The summed E-state index contributed by atoms with van der Waals surface area (Å²) < 4.78 is 0.583. The normalized spacial score (nSPS) is 14.0. The molecule has 0 aromatic carbocycles. The van der Waals surface area contributed by atoms with E-state index in [0.717, 1.165) is 12.8 Å². The van der Waals surface area contributed by atoms with Gasteiger partial charge >= 0.3 is 5.97 Å². The number of carboxylic acid groups (broad SMARTS) is 1. The molecule has 0 aliphatic carbocycles. The summed E-state index contributed by atoms with van der Waals surface area (Å²) in [6.07, 6.45) is 31.5. The molecule has 208 valence electrons. The molecular formula is C31H62NO3+. The molecule has 0 heterocycles. The Balaban J connectivity index is 3.46. The maximum atomic E-state index is 11.2. The van der Waals surface area contributed by atoms with Crippen LogP contribution in [0.1, 0.15) is 148 Å². The fraction of sp³-hybridized carbons (Fsp3) is 0.903. The van der Waals surface area contributed by atoms with Gasteiger partial charge in [0.25, 0.3) is 0 Å². The van der Waals surface area contributed by atoms with Gasteiger partial charge in [0.1, 0.15) is 12.1 Å². The minimum absolute atomic E-state index is 0.154. The molecule has 0 amide bonds. The van der Waals surface area contributed by atoms with Gasteiger partial charge < -0.3 is 14.7 Å². The highest BCUT2D eigenvalue weighted by Gasteiger charge is 2.35. The number of carboxylic acids is 1. The van der Waals surface area contributed by atoms with E-state index < -0.39 is 11.6 Å².